The molecule has 0 heterocycles. The maximum absolute atomic E-state index is 2.52. The number of fused-ring (bicyclic) bond motifs is 1. The lowest BCUT2D eigenvalue weighted by molar-refractivity contribution is 0.214. The summed E-state index contributed by atoms with van der Waals surface area (Å²) >= 11 is 0. The molecular weight excluding hydrogens is 266 g/mol. The van der Waals surface area contributed by atoms with Gasteiger partial charge in [-0.3, -0.25) is 4.90 Å². The van der Waals surface area contributed by atoms with Gasteiger partial charge in [0.15, 0.2) is 0 Å². The van der Waals surface area contributed by atoms with Gasteiger partial charge in [-0.1, -0.05) is 79.7 Å². The van der Waals surface area contributed by atoms with E-state index in [1.54, 1.807) is 0 Å². The van der Waals surface area contributed by atoms with Gasteiger partial charge in [0.05, 0.1) is 0 Å². The normalized spacial score (nSPS) is 12.7. The minimum atomic E-state index is 0.399. The summed E-state index contributed by atoms with van der Waals surface area (Å²) in [6.07, 6.45) is 0. The molecule has 0 aliphatic rings. The van der Waals surface area contributed by atoms with Crippen LogP contribution in [0.3, 0.4) is 0 Å². The molecule has 0 N–H and O–H groups in total. The van der Waals surface area contributed by atoms with Crippen LogP contribution in [0.25, 0.3) is 10.8 Å². The summed E-state index contributed by atoms with van der Waals surface area (Å²) in [5.74, 6) is 0. The van der Waals surface area contributed by atoms with Crippen molar-refractivity contribution in [2.24, 2.45) is 0 Å². The molecule has 0 fully saturated rings. The first-order valence-corrected chi connectivity index (χ1v) is 8.05. The molecule has 3 rings (SSSR count). The Kier molecular flexibility index (Phi) is 4.55. The summed E-state index contributed by atoms with van der Waals surface area (Å²) in [7, 11) is 0. The molecule has 0 aliphatic carbocycles. The van der Waals surface area contributed by atoms with Crippen LogP contribution < -0.4 is 0 Å². The predicted molar refractivity (Wildman–Crippen MR) is 94.9 cm³/mol. The lowest BCUT2D eigenvalue weighted by Gasteiger charge is -2.29. The Morgan fingerprint density at radius 1 is 0.818 bits per heavy atom. The first-order valence-electron chi connectivity index (χ1n) is 8.05. The molecule has 0 amide bonds. The molecule has 1 unspecified atom stereocenters. The van der Waals surface area contributed by atoms with Crippen LogP contribution in [0.2, 0.25) is 0 Å². The van der Waals surface area contributed by atoms with Gasteiger partial charge in [-0.2, -0.15) is 0 Å². The molecule has 0 saturated carbocycles. The molecule has 3 aromatic carbocycles. The third-order valence-electron chi connectivity index (χ3n) is 4.46. The van der Waals surface area contributed by atoms with E-state index in [1.165, 1.54) is 21.9 Å². The molecule has 0 saturated heterocycles. The lowest BCUT2D eigenvalue weighted by Crippen LogP contribution is -2.26. The molecule has 0 bridgehead atoms. The van der Waals surface area contributed by atoms with Crippen molar-refractivity contribution in [2.45, 2.75) is 26.4 Å². The summed E-state index contributed by atoms with van der Waals surface area (Å²) in [5.41, 5.74) is 2.78. The van der Waals surface area contributed by atoms with Crippen LogP contribution in [0.15, 0.2) is 72.8 Å². The molecule has 0 spiro atoms. The second-order valence-electron chi connectivity index (χ2n) is 5.79. The molecule has 1 atom stereocenters. The SMILES string of the molecule is CCN(Cc1ccccc1)C(C)c1cccc2ccccc12. The number of rotatable bonds is 5. The van der Waals surface area contributed by atoms with E-state index in [4.69, 9.17) is 0 Å². The van der Waals surface area contributed by atoms with E-state index in [2.05, 4.69) is 91.5 Å². The topological polar surface area (TPSA) is 3.24 Å². The molecule has 0 aromatic heterocycles. The number of nitrogens with zero attached hydrogens (tertiary/aromatic N) is 1. The number of hydrogen-bond acceptors (Lipinski definition) is 1. The summed E-state index contributed by atoms with van der Waals surface area (Å²) in [4.78, 5) is 2.52. The van der Waals surface area contributed by atoms with E-state index >= 15 is 0 Å². The first kappa shape index (κ1) is 14.8. The Bertz CT molecular complexity index is 728. The van der Waals surface area contributed by atoms with E-state index in [9.17, 15) is 0 Å². The van der Waals surface area contributed by atoms with E-state index < -0.39 is 0 Å². The highest BCUT2D eigenvalue weighted by Crippen LogP contribution is 2.28. The Morgan fingerprint density at radius 2 is 1.50 bits per heavy atom. The van der Waals surface area contributed by atoms with Gasteiger partial charge in [-0.05, 0) is 35.4 Å². The van der Waals surface area contributed by atoms with Crippen LogP contribution >= 0.6 is 0 Å². The van der Waals surface area contributed by atoms with Gasteiger partial charge in [0.1, 0.15) is 0 Å². The van der Waals surface area contributed by atoms with Crippen molar-refractivity contribution in [3.63, 3.8) is 0 Å². The standard InChI is InChI=1S/C21H23N/c1-3-22(16-18-10-5-4-6-11-18)17(2)20-15-9-13-19-12-7-8-14-21(19)20/h4-15,17H,3,16H2,1-2H3. The van der Waals surface area contributed by atoms with Crippen molar-refractivity contribution >= 4 is 10.8 Å². The average molecular weight is 289 g/mol. The van der Waals surface area contributed by atoms with Crippen LogP contribution in [0.5, 0.6) is 0 Å². The molecule has 1 nitrogen and oxygen atoms in total. The third-order valence-corrected chi connectivity index (χ3v) is 4.46. The van der Waals surface area contributed by atoms with Gasteiger partial charge >= 0.3 is 0 Å². The number of benzene rings is 3. The minimum absolute atomic E-state index is 0.399. The molecule has 22 heavy (non-hydrogen) atoms. The second-order valence-corrected chi connectivity index (χ2v) is 5.79. The fraction of sp³-hybridized carbons (Fsp3) is 0.238. The largest absolute Gasteiger partial charge is 0.293 e. The molecular formula is C21H23N. The van der Waals surface area contributed by atoms with Gasteiger partial charge in [-0.15, -0.1) is 0 Å². The fourth-order valence-electron chi connectivity index (χ4n) is 3.15. The molecule has 1 heteroatoms. The molecule has 0 radical (unpaired) electrons. The van der Waals surface area contributed by atoms with Crippen molar-refractivity contribution in [1.29, 1.82) is 0 Å². The third kappa shape index (κ3) is 3.05. The van der Waals surface area contributed by atoms with Crippen LogP contribution in [-0.2, 0) is 6.54 Å². The van der Waals surface area contributed by atoms with Gasteiger partial charge in [0.2, 0.25) is 0 Å². The highest BCUT2D eigenvalue weighted by atomic mass is 15.1. The first-order chi connectivity index (χ1) is 10.8. The summed E-state index contributed by atoms with van der Waals surface area (Å²) < 4.78 is 0. The maximum Gasteiger partial charge on any atom is 0.0329 e. The maximum atomic E-state index is 2.52. The molecule has 112 valence electrons. The van der Waals surface area contributed by atoms with Crippen LogP contribution in [-0.4, -0.2) is 11.4 Å². The van der Waals surface area contributed by atoms with Gasteiger partial charge < -0.3 is 0 Å². The van der Waals surface area contributed by atoms with Crippen molar-refractivity contribution < 1.29 is 0 Å². The van der Waals surface area contributed by atoms with Crippen molar-refractivity contribution in [2.75, 3.05) is 6.54 Å². The van der Waals surface area contributed by atoms with Gasteiger partial charge in [-0.25, -0.2) is 0 Å². The smallest absolute Gasteiger partial charge is 0.0329 e. The van der Waals surface area contributed by atoms with E-state index in [0.29, 0.717) is 6.04 Å². The van der Waals surface area contributed by atoms with Crippen LogP contribution in [0.1, 0.15) is 31.0 Å². The van der Waals surface area contributed by atoms with Crippen molar-refractivity contribution in [3.8, 4) is 0 Å². The number of hydrogen-bond donors (Lipinski definition) is 0. The zero-order valence-electron chi connectivity index (χ0n) is 13.4. The van der Waals surface area contributed by atoms with Gasteiger partial charge in [0, 0.05) is 12.6 Å². The minimum Gasteiger partial charge on any atom is -0.293 e. The Labute approximate surface area is 133 Å². The highest BCUT2D eigenvalue weighted by Gasteiger charge is 2.16. The second kappa shape index (κ2) is 6.76. The Morgan fingerprint density at radius 3 is 2.27 bits per heavy atom. The van der Waals surface area contributed by atoms with E-state index in [1.807, 2.05) is 0 Å². The summed E-state index contributed by atoms with van der Waals surface area (Å²) in [6, 6.07) is 26.4. The average Bonchev–Trinajstić information content (AvgIpc) is 2.59. The highest BCUT2D eigenvalue weighted by molar-refractivity contribution is 5.86. The lowest BCUT2D eigenvalue weighted by atomic mass is 9.98. The Hall–Kier alpha value is -2.12. The summed E-state index contributed by atoms with van der Waals surface area (Å²) in [6.45, 7) is 6.58. The summed E-state index contributed by atoms with van der Waals surface area (Å²) in [5, 5.41) is 2.69. The fourth-order valence-corrected chi connectivity index (χ4v) is 3.15. The van der Waals surface area contributed by atoms with Gasteiger partial charge in [0.25, 0.3) is 0 Å². The Balaban J connectivity index is 1.91. The van der Waals surface area contributed by atoms with Crippen LogP contribution in [0.4, 0.5) is 0 Å². The van der Waals surface area contributed by atoms with Crippen molar-refractivity contribution in [3.05, 3.63) is 83.9 Å². The van der Waals surface area contributed by atoms with Crippen LogP contribution in [0, 0.1) is 0 Å². The zero-order valence-corrected chi connectivity index (χ0v) is 13.4. The van der Waals surface area contributed by atoms with E-state index in [-0.39, 0.29) is 0 Å². The monoisotopic (exact) mass is 289 g/mol. The van der Waals surface area contributed by atoms with Crippen molar-refractivity contribution in [1.82, 2.24) is 4.90 Å². The quantitative estimate of drug-likeness (QED) is 0.606. The van der Waals surface area contributed by atoms with E-state index in [0.717, 1.165) is 13.1 Å². The molecule has 0 aliphatic heterocycles. The zero-order chi connectivity index (χ0) is 15.4. The predicted octanol–water partition coefficient (Wildman–Crippen LogP) is 5.42. The molecule has 3 aromatic rings.